The van der Waals surface area contributed by atoms with Crippen LogP contribution in [-0.2, 0) is 11.3 Å². The molecule has 1 fully saturated rings. The Labute approximate surface area is 193 Å². The maximum Gasteiger partial charge on any atom is 0.387 e. The number of hydrogen-bond donors (Lipinski definition) is 0. The average molecular weight is 486 g/mol. The van der Waals surface area contributed by atoms with Crippen molar-refractivity contribution in [2.45, 2.75) is 19.8 Å². The minimum Gasteiger partial charge on any atom is -0.494 e. The molecule has 1 aliphatic rings. The molecule has 1 amide bonds. The summed E-state index contributed by atoms with van der Waals surface area (Å²) in [6, 6.07) is 8.06. The summed E-state index contributed by atoms with van der Waals surface area (Å²) >= 11 is 0. The first-order valence-corrected chi connectivity index (χ1v) is 10.3. The van der Waals surface area contributed by atoms with Crippen LogP contribution < -0.4 is 14.2 Å². The van der Waals surface area contributed by atoms with Gasteiger partial charge in [-0.05, 0) is 35.9 Å². The number of methoxy groups -OCH3 is 1. The molecule has 6 nitrogen and oxygen atoms in total. The summed E-state index contributed by atoms with van der Waals surface area (Å²) in [5.74, 6) is -1.35. The van der Waals surface area contributed by atoms with E-state index in [1.165, 1.54) is 31.4 Å². The fourth-order valence-corrected chi connectivity index (χ4v) is 3.49. The van der Waals surface area contributed by atoms with E-state index in [-0.39, 0.29) is 23.0 Å². The second kappa shape index (κ2) is 11.7. The Hall–Kier alpha value is -3.34. The monoisotopic (exact) mass is 486 g/mol. The highest BCUT2D eigenvalue weighted by molar-refractivity contribution is 5.92. The highest BCUT2D eigenvalue weighted by Gasteiger charge is 2.20. The van der Waals surface area contributed by atoms with E-state index in [1.54, 1.807) is 17.0 Å². The van der Waals surface area contributed by atoms with Crippen LogP contribution in [0.25, 0.3) is 6.08 Å². The summed E-state index contributed by atoms with van der Waals surface area (Å²) in [4.78, 5) is 16.2. The van der Waals surface area contributed by atoms with Crippen molar-refractivity contribution in [2.75, 3.05) is 33.3 Å². The SMILES string of the molecule is COc1ccc(CN2CCN(C(=O)/C=C/c3ccc(OC(F)F)cc3OC(F)F)CC2)cc1F. The second-order valence-corrected chi connectivity index (χ2v) is 7.36. The lowest BCUT2D eigenvalue weighted by atomic mass is 10.1. The number of hydrogen-bond acceptors (Lipinski definition) is 5. The molecule has 0 N–H and O–H groups in total. The van der Waals surface area contributed by atoms with Crippen LogP contribution in [0.2, 0.25) is 0 Å². The molecule has 0 spiro atoms. The zero-order chi connectivity index (χ0) is 24.7. The predicted octanol–water partition coefficient (Wildman–Crippen LogP) is 4.39. The van der Waals surface area contributed by atoms with Gasteiger partial charge in [0.05, 0.1) is 7.11 Å². The van der Waals surface area contributed by atoms with Gasteiger partial charge in [-0.1, -0.05) is 6.07 Å². The molecule has 2 aromatic rings. The Morgan fingerprint density at radius 3 is 2.29 bits per heavy atom. The molecule has 0 atom stereocenters. The molecule has 2 aromatic carbocycles. The van der Waals surface area contributed by atoms with Gasteiger partial charge < -0.3 is 19.1 Å². The van der Waals surface area contributed by atoms with Crippen LogP contribution in [0, 0.1) is 5.82 Å². The normalized spacial score (nSPS) is 14.8. The van der Waals surface area contributed by atoms with Gasteiger partial charge in [-0.15, -0.1) is 0 Å². The van der Waals surface area contributed by atoms with Crippen molar-refractivity contribution in [3.63, 3.8) is 0 Å². The number of carbonyl (C=O) groups is 1. The van der Waals surface area contributed by atoms with Crippen molar-refractivity contribution < 1.29 is 41.0 Å². The number of piperazine rings is 1. The zero-order valence-corrected chi connectivity index (χ0v) is 18.2. The lowest BCUT2D eigenvalue weighted by Gasteiger charge is -2.34. The van der Waals surface area contributed by atoms with E-state index in [0.29, 0.717) is 32.7 Å². The Bertz CT molecular complexity index is 1010. The highest BCUT2D eigenvalue weighted by Crippen LogP contribution is 2.28. The Morgan fingerprint density at radius 2 is 1.68 bits per heavy atom. The van der Waals surface area contributed by atoms with Gasteiger partial charge in [0, 0.05) is 50.4 Å². The molecular formula is C23H23F5N2O4. The molecule has 1 aliphatic heterocycles. The van der Waals surface area contributed by atoms with Crippen molar-refractivity contribution in [1.82, 2.24) is 9.80 Å². The first-order chi connectivity index (χ1) is 16.2. The van der Waals surface area contributed by atoms with E-state index in [4.69, 9.17) is 4.74 Å². The third kappa shape index (κ3) is 7.08. The number of benzene rings is 2. The van der Waals surface area contributed by atoms with Crippen LogP contribution in [0.1, 0.15) is 11.1 Å². The Morgan fingerprint density at radius 1 is 0.971 bits per heavy atom. The van der Waals surface area contributed by atoms with Gasteiger partial charge in [0.1, 0.15) is 11.5 Å². The smallest absolute Gasteiger partial charge is 0.387 e. The third-order valence-electron chi connectivity index (χ3n) is 5.14. The van der Waals surface area contributed by atoms with E-state index < -0.39 is 24.8 Å². The van der Waals surface area contributed by atoms with Gasteiger partial charge >= 0.3 is 13.2 Å². The molecule has 1 saturated heterocycles. The van der Waals surface area contributed by atoms with Gasteiger partial charge in [0.15, 0.2) is 11.6 Å². The number of carbonyl (C=O) groups excluding carboxylic acids is 1. The summed E-state index contributed by atoms with van der Waals surface area (Å²) in [5.41, 5.74) is 0.888. The molecule has 0 saturated carbocycles. The maximum atomic E-state index is 13.9. The van der Waals surface area contributed by atoms with Gasteiger partial charge in [-0.2, -0.15) is 17.6 Å². The van der Waals surface area contributed by atoms with Crippen LogP contribution in [0.3, 0.4) is 0 Å². The van der Waals surface area contributed by atoms with Gasteiger partial charge in [-0.25, -0.2) is 4.39 Å². The third-order valence-corrected chi connectivity index (χ3v) is 5.14. The molecule has 34 heavy (non-hydrogen) atoms. The number of halogens is 5. The van der Waals surface area contributed by atoms with Gasteiger partial charge in [-0.3, -0.25) is 9.69 Å². The van der Waals surface area contributed by atoms with Crippen LogP contribution in [0.5, 0.6) is 17.2 Å². The van der Waals surface area contributed by atoms with Crippen LogP contribution in [-0.4, -0.2) is 62.2 Å². The minimum atomic E-state index is -3.18. The van der Waals surface area contributed by atoms with E-state index in [2.05, 4.69) is 14.4 Å². The molecule has 3 rings (SSSR count). The summed E-state index contributed by atoms with van der Waals surface area (Å²) in [6.07, 6.45) is 2.48. The summed E-state index contributed by atoms with van der Waals surface area (Å²) < 4.78 is 77.5. The molecule has 184 valence electrons. The van der Waals surface area contributed by atoms with Crippen molar-refractivity contribution in [1.29, 1.82) is 0 Å². The predicted molar refractivity (Wildman–Crippen MR) is 114 cm³/mol. The van der Waals surface area contributed by atoms with Crippen molar-refractivity contribution in [3.05, 3.63) is 59.4 Å². The standard InChI is InChI=1S/C23H23F5N2O4/c1-32-19-6-2-15(12-18(19)24)14-29-8-10-30(11-9-29)21(31)7-4-16-3-5-17(33-22(25)26)13-20(16)34-23(27)28/h2-7,12-13,22-23H,8-11,14H2,1H3/b7-4+. The van der Waals surface area contributed by atoms with Gasteiger partial charge in [0.25, 0.3) is 0 Å². The van der Waals surface area contributed by atoms with Crippen molar-refractivity contribution >= 4 is 12.0 Å². The van der Waals surface area contributed by atoms with E-state index >= 15 is 0 Å². The minimum absolute atomic E-state index is 0.107. The van der Waals surface area contributed by atoms with E-state index in [9.17, 15) is 26.7 Å². The quantitative estimate of drug-likeness (QED) is 0.389. The fourth-order valence-electron chi connectivity index (χ4n) is 3.49. The maximum absolute atomic E-state index is 13.9. The molecule has 0 aliphatic carbocycles. The molecular weight excluding hydrogens is 463 g/mol. The molecule has 1 heterocycles. The number of nitrogens with zero attached hydrogens (tertiary/aromatic N) is 2. The largest absolute Gasteiger partial charge is 0.494 e. The molecule has 0 bridgehead atoms. The lowest BCUT2D eigenvalue weighted by Crippen LogP contribution is -2.47. The lowest BCUT2D eigenvalue weighted by molar-refractivity contribution is -0.127. The zero-order valence-electron chi connectivity index (χ0n) is 18.2. The molecule has 0 unspecified atom stereocenters. The van der Waals surface area contributed by atoms with Crippen LogP contribution >= 0.6 is 0 Å². The highest BCUT2D eigenvalue weighted by atomic mass is 19.3. The number of ether oxygens (including phenoxy) is 3. The topological polar surface area (TPSA) is 51.2 Å². The van der Waals surface area contributed by atoms with E-state index in [0.717, 1.165) is 17.7 Å². The van der Waals surface area contributed by atoms with Gasteiger partial charge in [0.2, 0.25) is 5.91 Å². The molecule has 0 aromatic heterocycles. The Kier molecular flexibility index (Phi) is 8.69. The number of alkyl halides is 4. The summed E-state index contributed by atoms with van der Waals surface area (Å²) in [6.45, 7) is -3.83. The first kappa shape index (κ1) is 25.3. The fraction of sp³-hybridized carbons (Fsp3) is 0.348. The first-order valence-electron chi connectivity index (χ1n) is 10.3. The van der Waals surface area contributed by atoms with Crippen molar-refractivity contribution in [3.8, 4) is 17.2 Å². The number of rotatable bonds is 9. The Balaban J connectivity index is 1.58. The van der Waals surface area contributed by atoms with E-state index in [1.807, 2.05) is 0 Å². The van der Waals surface area contributed by atoms with Crippen LogP contribution in [0.15, 0.2) is 42.5 Å². The second-order valence-electron chi connectivity index (χ2n) is 7.36. The number of amides is 1. The van der Waals surface area contributed by atoms with Crippen molar-refractivity contribution in [2.24, 2.45) is 0 Å². The molecule has 11 heteroatoms. The average Bonchev–Trinajstić information content (AvgIpc) is 2.78. The summed E-state index contributed by atoms with van der Waals surface area (Å²) in [7, 11) is 1.40. The van der Waals surface area contributed by atoms with Crippen LogP contribution in [0.4, 0.5) is 22.0 Å². The molecule has 0 radical (unpaired) electrons. The summed E-state index contributed by atoms with van der Waals surface area (Å²) in [5, 5.41) is 0.